The number of likely N-dealkylation sites (tertiary alicyclic amines) is 3. The Kier molecular flexibility index (Phi) is 19.7. The maximum atomic E-state index is 13.0. The minimum Gasteiger partial charge on any atom is -0.468 e. The molecule has 0 bridgehead atoms. The first-order chi connectivity index (χ1) is 14.0. The van der Waals surface area contributed by atoms with Gasteiger partial charge in [0.25, 0.3) is 0 Å². The number of carbonyl (C=O) groups is 4. The van der Waals surface area contributed by atoms with Crippen molar-refractivity contribution in [2.24, 2.45) is 5.92 Å². The number of rotatable bonds is 1. The van der Waals surface area contributed by atoms with Crippen LogP contribution < -0.4 is 0 Å². The largest absolute Gasteiger partial charge is 0.468 e. The van der Waals surface area contributed by atoms with Gasteiger partial charge in [-0.05, 0) is 21.1 Å². The molecule has 3 rings (SSSR count). The molecular formula is C22H43F2N3O5S. The molecule has 3 heterocycles. The highest BCUT2D eigenvalue weighted by atomic mass is 32.1. The van der Waals surface area contributed by atoms with Crippen LogP contribution in [0.3, 0.4) is 0 Å². The van der Waals surface area contributed by atoms with E-state index < -0.39 is 30.0 Å². The van der Waals surface area contributed by atoms with Gasteiger partial charge in [-0.3, -0.25) is 19.2 Å². The number of Topliss-reactive ketones (excluding diaryl/α,β-unsaturated/α-hetero) is 3. The number of alkyl halides is 2. The molecule has 196 valence electrons. The Labute approximate surface area is 204 Å². The molecule has 3 atom stereocenters. The van der Waals surface area contributed by atoms with Gasteiger partial charge in [-0.1, -0.05) is 14.9 Å². The van der Waals surface area contributed by atoms with Gasteiger partial charge in [0.15, 0.2) is 23.9 Å². The first-order valence-corrected chi connectivity index (χ1v) is 10.0. The Morgan fingerprint density at radius 3 is 1.73 bits per heavy atom. The van der Waals surface area contributed by atoms with E-state index in [1.165, 1.54) is 7.11 Å². The number of esters is 1. The number of carbonyl (C=O) groups excluding carboxylic acids is 4. The molecule has 0 amide bonds. The van der Waals surface area contributed by atoms with Crippen LogP contribution in [0.25, 0.3) is 0 Å². The van der Waals surface area contributed by atoms with Gasteiger partial charge >= 0.3 is 5.97 Å². The summed E-state index contributed by atoms with van der Waals surface area (Å²) in [6.07, 6.45) is -0.906. The summed E-state index contributed by atoms with van der Waals surface area (Å²) in [5.74, 6) is -2.10. The number of ketones is 3. The second-order valence-electron chi connectivity index (χ2n) is 7.95. The van der Waals surface area contributed by atoms with Crippen molar-refractivity contribution in [3.05, 3.63) is 0 Å². The van der Waals surface area contributed by atoms with Gasteiger partial charge in [-0.25, -0.2) is 8.78 Å². The molecule has 3 aliphatic rings. The van der Waals surface area contributed by atoms with Gasteiger partial charge in [-0.2, -0.15) is 13.5 Å². The van der Waals surface area contributed by atoms with Crippen LogP contribution in [0.4, 0.5) is 8.78 Å². The number of ether oxygens (including phenoxy) is 1. The lowest BCUT2D eigenvalue weighted by atomic mass is 9.96. The van der Waals surface area contributed by atoms with Gasteiger partial charge in [0.05, 0.1) is 7.11 Å². The van der Waals surface area contributed by atoms with E-state index in [9.17, 15) is 28.0 Å². The van der Waals surface area contributed by atoms with Crippen LogP contribution >= 0.6 is 13.5 Å². The fourth-order valence-electron chi connectivity index (χ4n) is 3.18. The summed E-state index contributed by atoms with van der Waals surface area (Å²) in [7, 11) is 6.72. The van der Waals surface area contributed by atoms with Crippen molar-refractivity contribution in [2.45, 2.75) is 46.5 Å². The highest BCUT2D eigenvalue weighted by Gasteiger charge is 2.39. The maximum Gasteiger partial charge on any atom is 0.317 e. The first-order valence-electron chi connectivity index (χ1n) is 10.0. The molecule has 0 radical (unpaired) electrons. The standard InChI is InChI=1S/C8H12FNO3.C6H10FNO.C6H11NO.2CH4.H2S/c1-10-3-5(8(12)13-2)7(11)6(9)4-10;1-8-3-2-6(9)5(7)4-8;1-7-4-2-6(8)3-5-7;;;/h5-6H,3-4H2,1-2H3;5H,2-4H2,1H3;2-5H2,1H3;2*1H4;1H2. The van der Waals surface area contributed by atoms with E-state index in [4.69, 9.17) is 0 Å². The van der Waals surface area contributed by atoms with E-state index in [-0.39, 0.29) is 53.8 Å². The van der Waals surface area contributed by atoms with E-state index in [1.807, 2.05) is 19.0 Å². The summed E-state index contributed by atoms with van der Waals surface area (Å²) in [6.45, 7) is 3.20. The van der Waals surface area contributed by atoms with Crippen molar-refractivity contribution < 1.29 is 32.7 Å². The van der Waals surface area contributed by atoms with Crippen LogP contribution in [0, 0.1) is 5.92 Å². The average molecular weight is 500 g/mol. The van der Waals surface area contributed by atoms with Crippen LogP contribution in [0.15, 0.2) is 0 Å². The van der Waals surface area contributed by atoms with E-state index in [0.29, 0.717) is 18.7 Å². The molecule has 0 N–H and O–H groups in total. The maximum absolute atomic E-state index is 13.0. The van der Waals surface area contributed by atoms with Crippen LogP contribution in [-0.2, 0) is 23.9 Å². The van der Waals surface area contributed by atoms with Crippen molar-refractivity contribution in [3.63, 3.8) is 0 Å². The Hall–Kier alpha value is -1.43. The fraction of sp³-hybridized carbons (Fsp3) is 0.818. The molecule has 0 aromatic carbocycles. The van der Waals surface area contributed by atoms with Crippen LogP contribution in [0.5, 0.6) is 0 Å². The second-order valence-corrected chi connectivity index (χ2v) is 7.95. The van der Waals surface area contributed by atoms with Crippen molar-refractivity contribution in [1.29, 1.82) is 0 Å². The number of hydrogen-bond acceptors (Lipinski definition) is 8. The molecule has 33 heavy (non-hydrogen) atoms. The molecule has 0 saturated carbocycles. The molecule has 0 aromatic heterocycles. The van der Waals surface area contributed by atoms with Crippen LogP contribution in [0.1, 0.15) is 34.1 Å². The topological polar surface area (TPSA) is 87.2 Å². The van der Waals surface area contributed by atoms with Crippen molar-refractivity contribution in [3.8, 4) is 0 Å². The molecule has 8 nitrogen and oxygen atoms in total. The summed E-state index contributed by atoms with van der Waals surface area (Å²) in [4.78, 5) is 48.9. The number of methoxy groups -OCH3 is 1. The molecule has 3 aliphatic heterocycles. The third-order valence-corrected chi connectivity index (χ3v) is 5.21. The Balaban J connectivity index is -0.000000403. The number of halogens is 2. The van der Waals surface area contributed by atoms with E-state index in [1.54, 1.807) is 11.9 Å². The predicted octanol–water partition coefficient (Wildman–Crippen LogP) is 1.52. The SMILES string of the molecule is C.C.CN1CCC(=O)C(F)C1.CN1CCC(=O)CC1.COC(=O)C1CN(C)CC(F)C1=O.S. The van der Waals surface area contributed by atoms with E-state index in [2.05, 4.69) is 9.64 Å². The minimum atomic E-state index is -1.57. The van der Waals surface area contributed by atoms with Crippen LogP contribution in [-0.4, -0.2) is 118 Å². The molecule has 3 fully saturated rings. The normalized spacial score (nSPS) is 26.1. The van der Waals surface area contributed by atoms with Gasteiger partial charge in [0.1, 0.15) is 11.7 Å². The summed E-state index contributed by atoms with van der Waals surface area (Å²) in [5, 5.41) is 0. The molecule has 0 spiro atoms. The Morgan fingerprint density at radius 1 is 0.818 bits per heavy atom. The summed E-state index contributed by atoms with van der Waals surface area (Å²) >= 11 is 0. The molecule has 0 aromatic rings. The van der Waals surface area contributed by atoms with Crippen molar-refractivity contribution in [1.82, 2.24) is 14.7 Å². The zero-order chi connectivity index (χ0) is 22.8. The van der Waals surface area contributed by atoms with Crippen LogP contribution in [0.2, 0.25) is 0 Å². The van der Waals surface area contributed by atoms with Gasteiger partial charge in [0, 0.05) is 58.5 Å². The molecular weight excluding hydrogens is 456 g/mol. The number of nitrogens with zero attached hydrogens (tertiary/aromatic N) is 3. The average Bonchev–Trinajstić information content (AvgIpc) is 2.70. The fourth-order valence-corrected chi connectivity index (χ4v) is 3.18. The summed E-state index contributed by atoms with van der Waals surface area (Å²) in [5.41, 5.74) is 0. The summed E-state index contributed by atoms with van der Waals surface area (Å²) < 4.78 is 29.8. The zero-order valence-electron chi connectivity index (χ0n) is 18.7. The highest BCUT2D eigenvalue weighted by molar-refractivity contribution is 7.59. The monoisotopic (exact) mass is 499 g/mol. The lowest BCUT2D eigenvalue weighted by Crippen LogP contribution is -2.49. The molecule has 11 heteroatoms. The van der Waals surface area contributed by atoms with E-state index in [0.717, 1.165) is 25.9 Å². The third-order valence-electron chi connectivity index (χ3n) is 5.21. The lowest BCUT2D eigenvalue weighted by molar-refractivity contribution is -0.154. The van der Waals surface area contributed by atoms with Crippen molar-refractivity contribution in [2.75, 3.05) is 67.5 Å². The van der Waals surface area contributed by atoms with Gasteiger partial charge in [-0.15, -0.1) is 0 Å². The van der Waals surface area contributed by atoms with Gasteiger partial charge in [0.2, 0.25) is 0 Å². The molecule has 3 unspecified atom stereocenters. The molecule has 3 saturated heterocycles. The van der Waals surface area contributed by atoms with Crippen molar-refractivity contribution >= 4 is 36.8 Å². The summed E-state index contributed by atoms with van der Waals surface area (Å²) in [6, 6.07) is 0. The molecule has 0 aliphatic carbocycles. The minimum absolute atomic E-state index is 0. The zero-order valence-corrected chi connectivity index (χ0v) is 19.7. The smallest absolute Gasteiger partial charge is 0.317 e. The first kappa shape index (κ1) is 36.1. The van der Waals surface area contributed by atoms with E-state index >= 15 is 0 Å². The number of piperidine rings is 3. The highest BCUT2D eigenvalue weighted by Crippen LogP contribution is 2.15. The predicted molar refractivity (Wildman–Crippen MR) is 131 cm³/mol. The second kappa shape index (κ2) is 18.0. The lowest BCUT2D eigenvalue weighted by Gasteiger charge is -2.28. The van der Waals surface area contributed by atoms with Gasteiger partial charge < -0.3 is 19.4 Å². The number of hydrogen-bond donors (Lipinski definition) is 0. The third kappa shape index (κ3) is 13.1. The quantitative estimate of drug-likeness (QED) is 0.397. The Bertz CT molecular complexity index is 617. The Morgan fingerprint density at radius 2 is 1.30 bits per heavy atom.